The van der Waals surface area contributed by atoms with E-state index < -0.39 is 0 Å². The number of rotatable bonds is 6. The Morgan fingerprint density at radius 1 is 1.17 bits per heavy atom. The highest BCUT2D eigenvalue weighted by Crippen LogP contribution is 2.18. The molecule has 0 aliphatic rings. The number of hydrogen-bond donors (Lipinski definition) is 2. The predicted molar refractivity (Wildman–Crippen MR) is 96.9 cm³/mol. The molecule has 0 saturated heterocycles. The maximum Gasteiger partial charge on any atom is 0.202 e. The number of nitrogens with one attached hydrogen (secondary N) is 1. The minimum Gasteiger partial charge on any atom is -0.446 e. The van der Waals surface area contributed by atoms with E-state index in [2.05, 4.69) is 26.2 Å². The van der Waals surface area contributed by atoms with Gasteiger partial charge in [-0.05, 0) is 51.3 Å². The highest BCUT2D eigenvalue weighted by Gasteiger charge is 2.11. The van der Waals surface area contributed by atoms with Crippen LogP contribution < -0.4 is 11.1 Å². The summed E-state index contributed by atoms with van der Waals surface area (Å²) >= 11 is 3.20. The molecule has 0 amide bonds. The second-order valence-electron chi connectivity index (χ2n) is 5.31. The third kappa shape index (κ3) is 4.02. The fourth-order valence-electron chi connectivity index (χ4n) is 2.35. The average Bonchev–Trinajstić information content (AvgIpc) is 3.01. The lowest BCUT2D eigenvalue weighted by molar-refractivity contribution is 0.0965. The average molecular weight is 386 g/mol. The molecule has 0 atom stereocenters. The lowest BCUT2D eigenvalue weighted by Crippen LogP contribution is -2.05. The molecule has 0 radical (unpaired) electrons. The zero-order chi connectivity index (χ0) is 16.9. The van der Waals surface area contributed by atoms with Crippen molar-refractivity contribution in [2.24, 2.45) is 0 Å². The number of anilines is 2. The van der Waals surface area contributed by atoms with Gasteiger partial charge in [0.15, 0.2) is 10.4 Å². The summed E-state index contributed by atoms with van der Waals surface area (Å²) in [6, 6.07) is 14.9. The lowest BCUT2D eigenvalue weighted by atomic mass is 10.0. The standard InChI is InChI=1S/C18H16BrN3O2/c19-17-7-6-16(24-17)15(23)10-12-3-1-4-13(9-12)11-22-14-5-2-8-21-18(14)20/h1-9,22H,10-11H2,(H2,20,21). The van der Waals surface area contributed by atoms with Crippen LogP contribution >= 0.6 is 15.9 Å². The van der Waals surface area contributed by atoms with Gasteiger partial charge in [-0.15, -0.1) is 0 Å². The molecule has 0 aliphatic heterocycles. The quantitative estimate of drug-likeness (QED) is 0.625. The molecule has 1 aromatic carbocycles. The number of nitrogen functional groups attached to an aromatic ring is 1. The summed E-state index contributed by atoms with van der Waals surface area (Å²) < 4.78 is 5.85. The first kappa shape index (κ1) is 16.3. The highest BCUT2D eigenvalue weighted by atomic mass is 79.9. The van der Waals surface area contributed by atoms with Crippen molar-refractivity contribution in [1.82, 2.24) is 4.98 Å². The van der Waals surface area contributed by atoms with Gasteiger partial charge in [0.25, 0.3) is 0 Å². The summed E-state index contributed by atoms with van der Waals surface area (Å²) in [4.78, 5) is 16.2. The number of pyridine rings is 1. The largest absolute Gasteiger partial charge is 0.446 e. The SMILES string of the molecule is Nc1ncccc1NCc1cccc(CC(=O)c2ccc(Br)o2)c1. The van der Waals surface area contributed by atoms with E-state index in [1.807, 2.05) is 36.4 Å². The Morgan fingerprint density at radius 3 is 2.75 bits per heavy atom. The van der Waals surface area contributed by atoms with E-state index in [4.69, 9.17) is 10.2 Å². The summed E-state index contributed by atoms with van der Waals surface area (Å²) in [6.45, 7) is 0.601. The summed E-state index contributed by atoms with van der Waals surface area (Å²) in [6.07, 6.45) is 1.95. The molecular weight excluding hydrogens is 370 g/mol. The minimum atomic E-state index is -0.0534. The molecule has 3 N–H and O–H groups in total. The van der Waals surface area contributed by atoms with Crippen molar-refractivity contribution in [3.05, 3.63) is 76.3 Å². The highest BCUT2D eigenvalue weighted by molar-refractivity contribution is 9.10. The second kappa shape index (κ2) is 7.31. The molecule has 0 spiro atoms. The monoisotopic (exact) mass is 385 g/mol. The van der Waals surface area contributed by atoms with Crippen LogP contribution in [0.15, 0.2) is 63.8 Å². The van der Waals surface area contributed by atoms with Crippen LogP contribution in [0, 0.1) is 0 Å². The van der Waals surface area contributed by atoms with E-state index in [9.17, 15) is 4.79 Å². The van der Waals surface area contributed by atoms with Crippen molar-refractivity contribution in [1.29, 1.82) is 0 Å². The van der Waals surface area contributed by atoms with Crippen molar-refractivity contribution in [2.75, 3.05) is 11.1 Å². The third-order valence-corrected chi connectivity index (χ3v) is 3.95. The molecular formula is C18H16BrN3O2. The van der Waals surface area contributed by atoms with Gasteiger partial charge in [0.05, 0.1) is 5.69 Å². The molecule has 3 aromatic rings. The van der Waals surface area contributed by atoms with Crippen molar-refractivity contribution in [3.63, 3.8) is 0 Å². The zero-order valence-electron chi connectivity index (χ0n) is 12.8. The Morgan fingerprint density at radius 2 is 2.00 bits per heavy atom. The van der Waals surface area contributed by atoms with E-state index >= 15 is 0 Å². The molecule has 24 heavy (non-hydrogen) atoms. The van der Waals surface area contributed by atoms with Gasteiger partial charge in [-0.1, -0.05) is 24.3 Å². The Labute approximate surface area is 148 Å². The molecule has 2 aromatic heterocycles. The van der Waals surface area contributed by atoms with Crippen molar-refractivity contribution in [3.8, 4) is 0 Å². The van der Waals surface area contributed by atoms with Gasteiger partial charge in [-0.2, -0.15) is 0 Å². The summed E-state index contributed by atoms with van der Waals surface area (Å²) in [5.74, 6) is 0.767. The number of aromatic nitrogens is 1. The van der Waals surface area contributed by atoms with Crippen molar-refractivity contribution >= 4 is 33.2 Å². The molecule has 0 unspecified atom stereocenters. The smallest absolute Gasteiger partial charge is 0.202 e. The number of hydrogen-bond acceptors (Lipinski definition) is 5. The van der Waals surface area contributed by atoms with Crippen LogP contribution in [0.4, 0.5) is 11.5 Å². The number of benzene rings is 1. The number of furan rings is 1. The number of carbonyl (C=O) groups excluding carboxylic acids is 1. The van der Waals surface area contributed by atoms with Gasteiger partial charge >= 0.3 is 0 Å². The number of halogens is 1. The molecule has 122 valence electrons. The molecule has 6 heteroatoms. The molecule has 2 heterocycles. The van der Waals surface area contributed by atoms with Crippen LogP contribution in [-0.4, -0.2) is 10.8 Å². The summed E-state index contributed by atoms with van der Waals surface area (Å²) in [7, 11) is 0. The van der Waals surface area contributed by atoms with Crippen LogP contribution in [0.3, 0.4) is 0 Å². The number of nitrogens with two attached hydrogens (primary N) is 1. The van der Waals surface area contributed by atoms with Crippen LogP contribution in [0.25, 0.3) is 0 Å². The molecule has 0 saturated carbocycles. The van der Waals surface area contributed by atoms with Crippen LogP contribution in [0.2, 0.25) is 0 Å². The van der Waals surface area contributed by atoms with Gasteiger partial charge in [-0.3, -0.25) is 4.79 Å². The predicted octanol–water partition coefficient (Wildman–Crippen LogP) is 4.06. The maximum atomic E-state index is 12.2. The second-order valence-corrected chi connectivity index (χ2v) is 6.09. The zero-order valence-corrected chi connectivity index (χ0v) is 14.4. The van der Waals surface area contributed by atoms with Gasteiger partial charge in [-0.25, -0.2) is 4.98 Å². The first-order valence-electron chi connectivity index (χ1n) is 7.42. The normalized spacial score (nSPS) is 10.5. The fraction of sp³-hybridized carbons (Fsp3) is 0.111. The van der Waals surface area contributed by atoms with Crippen LogP contribution in [0.1, 0.15) is 21.7 Å². The Balaban J connectivity index is 1.66. The Bertz CT molecular complexity index is 861. The molecule has 5 nitrogen and oxygen atoms in total. The number of carbonyl (C=O) groups is 1. The fourth-order valence-corrected chi connectivity index (χ4v) is 2.66. The van der Waals surface area contributed by atoms with Crippen molar-refractivity contribution in [2.45, 2.75) is 13.0 Å². The maximum absolute atomic E-state index is 12.2. The number of nitrogens with zero attached hydrogens (tertiary/aromatic N) is 1. The van der Waals surface area contributed by atoms with Crippen molar-refractivity contribution < 1.29 is 9.21 Å². The number of ketones is 1. The third-order valence-electron chi connectivity index (χ3n) is 3.53. The lowest BCUT2D eigenvalue weighted by Gasteiger charge is -2.09. The van der Waals surface area contributed by atoms with Gasteiger partial charge in [0, 0.05) is 19.2 Å². The molecule has 3 rings (SSSR count). The first-order valence-corrected chi connectivity index (χ1v) is 8.22. The molecule has 0 bridgehead atoms. The summed E-state index contributed by atoms with van der Waals surface area (Å²) in [5.41, 5.74) is 8.60. The van der Waals surface area contributed by atoms with Crippen LogP contribution in [-0.2, 0) is 13.0 Å². The van der Waals surface area contributed by atoms with E-state index in [0.29, 0.717) is 29.2 Å². The first-order chi connectivity index (χ1) is 11.6. The molecule has 0 aliphatic carbocycles. The Kier molecular flexibility index (Phi) is 4.96. The van der Waals surface area contributed by atoms with E-state index in [-0.39, 0.29) is 5.78 Å². The minimum absolute atomic E-state index is 0.0534. The van der Waals surface area contributed by atoms with Gasteiger partial charge in [0.1, 0.15) is 5.82 Å². The van der Waals surface area contributed by atoms with Gasteiger partial charge in [0.2, 0.25) is 5.78 Å². The number of Topliss-reactive ketones (excluding diaryl/α,β-unsaturated/α-hetero) is 1. The van der Waals surface area contributed by atoms with E-state index in [0.717, 1.165) is 16.8 Å². The topological polar surface area (TPSA) is 81.1 Å². The van der Waals surface area contributed by atoms with Crippen LogP contribution in [0.5, 0.6) is 0 Å². The molecule has 0 fully saturated rings. The van der Waals surface area contributed by atoms with Gasteiger partial charge < -0.3 is 15.5 Å². The summed E-state index contributed by atoms with van der Waals surface area (Å²) in [5, 5.41) is 3.25. The van der Waals surface area contributed by atoms with E-state index in [1.54, 1.807) is 18.3 Å². The Hall–Kier alpha value is -2.60. The van der Waals surface area contributed by atoms with E-state index in [1.165, 1.54) is 0 Å².